The van der Waals surface area contributed by atoms with Crippen molar-refractivity contribution < 1.29 is 52.2 Å². The van der Waals surface area contributed by atoms with Crippen LogP contribution in [0, 0.1) is 0 Å². The van der Waals surface area contributed by atoms with Crippen LogP contribution < -0.4 is 0 Å². The number of unbranched alkanes of at least 4 members (excludes halogenated alkanes) is 34. The fraction of sp³-hybridized carbons (Fsp3) is 0.786. The Labute approximate surface area is 503 Å². The van der Waals surface area contributed by atoms with E-state index in [-0.39, 0.29) is 25.9 Å². The third-order valence-corrected chi connectivity index (χ3v) is 15.6. The number of phosphoric ester groups is 1. The molecule has 0 aromatic heterocycles. The number of carbonyl (C=O) groups excluding carboxylic acids is 3. The molecule has 0 aliphatic rings. The lowest BCUT2D eigenvalue weighted by atomic mass is 10.0. The maximum atomic E-state index is 13.0. The molecule has 0 aliphatic carbocycles. The lowest BCUT2D eigenvalue weighted by molar-refractivity contribution is -0.161. The molecule has 82 heavy (non-hydrogen) atoms. The number of carbonyl (C=O) groups is 3. The van der Waals surface area contributed by atoms with Gasteiger partial charge in [-0.15, -0.1) is 0 Å². The van der Waals surface area contributed by atoms with Crippen LogP contribution in [0.15, 0.2) is 72.9 Å². The molecule has 3 unspecified atom stereocenters. The summed E-state index contributed by atoms with van der Waals surface area (Å²) in [5, 5.41) is 9.87. The molecule has 0 aromatic rings. The molecule has 12 heteroatoms. The predicted octanol–water partition coefficient (Wildman–Crippen LogP) is 20.8. The van der Waals surface area contributed by atoms with Crippen molar-refractivity contribution in [1.29, 1.82) is 0 Å². The summed E-state index contributed by atoms with van der Waals surface area (Å²) in [6, 6.07) is 0. The first-order valence-electron chi connectivity index (χ1n) is 33.8. The van der Waals surface area contributed by atoms with E-state index in [9.17, 15) is 28.9 Å². The van der Waals surface area contributed by atoms with Crippen LogP contribution >= 0.6 is 7.82 Å². The summed E-state index contributed by atoms with van der Waals surface area (Å²) >= 11 is 0. The summed E-state index contributed by atoms with van der Waals surface area (Å²) in [6.07, 6.45) is 74.3. The van der Waals surface area contributed by atoms with Crippen LogP contribution in [0.25, 0.3) is 0 Å². The van der Waals surface area contributed by atoms with Crippen LogP contribution in [0.5, 0.6) is 0 Å². The van der Waals surface area contributed by atoms with Gasteiger partial charge in [0.2, 0.25) is 0 Å². The van der Waals surface area contributed by atoms with Gasteiger partial charge in [0.25, 0.3) is 0 Å². The Hall–Kier alpha value is -3.08. The first-order valence-corrected chi connectivity index (χ1v) is 35.3. The van der Waals surface area contributed by atoms with Crippen LogP contribution in [0.4, 0.5) is 0 Å². The van der Waals surface area contributed by atoms with E-state index in [1.54, 1.807) is 0 Å². The lowest BCUT2D eigenvalue weighted by Crippen LogP contribution is -2.30. The Morgan fingerprint density at radius 2 is 0.646 bits per heavy atom. The molecule has 11 nitrogen and oxygen atoms in total. The van der Waals surface area contributed by atoms with Gasteiger partial charge in [-0.25, -0.2) is 4.57 Å². The summed E-state index contributed by atoms with van der Waals surface area (Å²) < 4.78 is 39.7. The highest BCUT2D eigenvalue weighted by Crippen LogP contribution is 2.43. The first kappa shape index (κ1) is 78.9. The Morgan fingerprint density at radius 3 is 1.02 bits per heavy atom. The smallest absolute Gasteiger partial charge is 0.462 e. The third-order valence-electron chi connectivity index (χ3n) is 14.6. The van der Waals surface area contributed by atoms with Crippen molar-refractivity contribution in [2.75, 3.05) is 26.4 Å². The maximum Gasteiger partial charge on any atom is 0.472 e. The van der Waals surface area contributed by atoms with Crippen molar-refractivity contribution in [3.63, 3.8) is 0 Å². The molecule has 0 spiro atoms. The molecule has 2 N–H and O–H groups in total. The molecule has 0 aromatic carbocycles. The summed E-state index contributed by atoms with van der Waals surface area (Å²) in [5.74, 6) is -1.52. The monoisotopic (exact) mass is 1170 g/mol. The average molecular weight is 1170 g/mol. The summed E-state index contributed by atoms with van der Waals surface area (Å²) in [6.45, 7) is 4.53. The SMILES string of the molecule is CC/C=C\C/C=C\C/C=C\C/C=C\C/C=C\CCCC(=O)OCC(COP(=O)(O)OCC(CO)OC(=O)CCCCCCCCCCCCCCCCCCCCC)OC(=O)CCCCCCCCCCC/C=C\CCCCCCCC. The minimum Gasteiger partial charge on any atom is -0.462 e. The largest absolute Gasteiger partial charge is 0.472 e. The Balaban J connectivity index is 4.71. The van der Waals surface area contributed by atoms with E-state index in [0.29, 0.717) is 25.7 Å². The number of hydrogen-bond donors (Lipinski definition) is 2. The van der Waals surface area contributed by atoms with Gasteiger partial charge in [0.1, 0.15) is 12.7 Å². The second-order valence-corrected chi connectivity index (χ2v) is 24.1. The van der Waals surface area contributed by atoms with Crippen LogP contribution in [-0.4, -0.2) is 66.5 Å². The fourth-order valence-corrected chi connectivity index (χ4v) is 10.3. The highest BCUT2D eigenvalue weighted by atomic mass is 31.2. The second-order valence-electron chi connectivity index (χ2n) is 22.6. The van der Waals surface area contributed by atoms with E-state index in [1.807, 2.05) is 6.08 Å². The molecule has 476 valence electrons. The topological polar surface area (TPSA) is 155 Å². The molecule has 0 amide bonds. The van der Waals surface area contributed by atoms with E-state index >= 15 is 0 Å². The average Bonchev–Trinajstić information content (AvgIpc) is 3.47. The highest BCUT2D eigenvalue weighted by molar-refractivity contribution is 7.47. The number of allylic oxidation sites excluding steroid dienone is 12. The molecule has 0 rings (SSSR count). The summed E-state index contributed by atoms with van der Waals surface area (Å²) in [5.41, 5.74) is 0. The zero-order valence-corrected chi connectivity index (χ0v) is 53.8. The van der Waals surface area contributed by atoms with Gasteiger partial charge in [0, 0.05) is 19.3 Å². The van der Waals surface area contributed by atoms with E-state index < -0.39 is 57.8 Å². The fourth-order valence-electron chi connectivity index (χ4n) is 9.51. The normalized spacial score (nSPS) is 13.7. The highest BCUT2D eigenvalue weighted by Gasteiger charge is 2.28. The lowest BCUT2D eigenvalue weighted by Gasteiger charge is -2.21. The molecule has 0 saturated carbocycles. The molecule has 0 fully saturated rings. The first-order chi connectivity index (χ1) is 40.2. The second kappa shape index (κ2) is 63.9. The predicted molar refractivity (Wildman–Crippen MR) is 344 cm³/mol. The molecular formula is C70H125O11P. The third kappa shape index (κ3) is 61.5. The van der Waals surface area contributed by atoms with E-state index in [0.717, 1.165) is 70.6 Å². The molecule has 0 bridgehead atoms. The van der Waals surface area contributed by atoms with Gasteiger partial charge in [-0.1, -0.05) is 286 Å². The van der Waals surface area contributed by atoms with Crippen molar-refractivity contribution in [1.82, 2.24) is 0 Å². The molecule has 3 atom stereocenters. The molecule has 0 saturated heterocycles. The Bertz CT molecular complexity index is 1650. The van der Waals surface area contributed by atoms with Crippen molar-refractivity contribution >= 4 is 25.7 Å². The van der Waals surface area contributed by atoms with Gasteiger partial charge in [-0.05, 0) is 83.5 Å². The number of esters is 3. The molecule has 0 heterocycles. The molecule has 0 radical (unpaired) electrons. The van der Waals surface area contributed by atoms with E-state index in [4.69, 9.17) is 23.3 Å². The van der Waals surface area contributed by atoms with Crippen LogP contribution in [0.2, 0.25) is 0 Å². The zero-order chi connectivity index (χ0) is 59.8. The standard InChI is InChI=1S/C70H125O11P/c1-4-7-10-13-16-19-22-25-28-31-33-36-39-42-45-48-51-54-57-60-69(73)80-66(62-71)64-78-82(75,76)79-65-67(63-77-68(72)59-56-53-50-47-44-41-38-35-30-27-24-21-18-15-12-9-6-3)81-70(74)61-58-55-52-49-46-43-40-37-34-32-29-26-23-20-17-14-11-8-5-2/h9,12,18,21,26-27,29-30,38,41,47,50,66-67,71H,4-8,10-11,13-17,19-20,22-25,28,31-37,39-40,42-46,48-49,51-65H2,1-3H3,(H,75,76)/b12-9-,21-18-,29-26-,30-27-,41-38-,50-47-. The van der Waals surface area contributed by atoms with Gasteiger partial charge in [-0.2, -0.15) is 0 Å². The maximum absolute atomic E-state index is 13.0. The Morgan fingerprint density at radius 1 is 0.354 bits per heavy atom. The van der Waals surface area contributed by atoms with Crippen LogP contribution in [0.1, 0.15) is 316 Å². The van der Waals surface area contributed by atoms with Crippen LogP contribution in [-0.2, 0) is 42.2 Å². The number of rotatable bonds is 63. The van der Waals surface area contributed by atoms with Crippen molar-refractivity contribution in [2.24, 2.45) is 0 Å². The summed E-state index contributed by atoms with van der Waals surface area (Å²) in [7, 11) is -4.77. The zero-order valence-electron chi connectivity index (χ0n) is 53.0. The van der Waals surface area contributed by atoms with Crippen LogP contribution in [0.3, 0.4) is 0 Å². The minimum atomic E-state index is -4.77. The van der Waals surface area contributed by atoms with Gasteiger partial charge in [0.05, 0.1) is 19.8 Å². The molecular weight excluding hydrogens is 1050 g/mol. The van der Waals surface area contributed by atoms with E-state index in [1.165, 1.54) is 180 Å². The van der Waals surface area contributed by atoms with Crippen molar-refractivity contribution in [2.45, 2.75) is 328 Å². The Kier molecular flexibility index (Phi) is 61.5. The molecule has 0 aliphatic heterocycles. The quantitative estimate of drug-likeness (QED) is 0.0197. The summed E-state index contributed by atoms with van der Waals surface area (Å²) in [4.78, 5) is 48.8. The van der Waals surface area contributed by atoms with Crippen molar-refractivity contribution in [3.8, 4) is 0 Å². The van der Waals surface area contributed by atoms with Gasteiger partial charge >= 0.3 is 25.7 Å². The van der Waals surface area contributed by atoms with Gasteiger partial charge < -0.3 is 24.2 Å². The number of hydrogen-bond acceptors (Lipinski definition) is 10. The van der Waals surface area contributed by atoms with Gasteiger partial charge in [-0.3, -0.25) is 23.4 Å². The van der Waals surface area contributed by atoms with E-state index in [2.05, 4.69) is 87.6 Å². The van der Waals surface area contributed by atoms with Gasteiger partial charge in [0.15, 0.2) is 6.10 Å². The number of aliphatic hydroxyl groups excluding tert-OH is 1. The number of phosphoric acid groups is 1. The number of ether oxygens (including phenoxy) is 3. The minimum absolute atomic E-state index is 0.148. The number of aliphatic hydroxyl groups is 1. The van der Waals surface area contributed by atoms with Crippen molar-refractivity contribution in [3.05, 3.63) is 72.9 Å².